The second kappa shape index (κ2) is 8.42. The second-order valence-electron chi connectivity index (χ2n) is 7.73. The summed E-state index contributed by atoms with van der Waals surface area (Å²) in [5.41, 5.74) is 1.40. The number of anilines is 1. The highest BCUT2D eigenvalue weighted by atomic mass is 79.9. The van der Waals surface area contributed by atoms with Crippen LogP contribution in [-0.2, 0) is 9.59 Å². The molecule has 0 radical (unpaired) electrons. The number of nitrogens with one attached hydrogen (secondary N) is 1. The highest BCUT2D eigenvalue weighted by molar-refractivity contribution is 9.10. The van der Waals surface area contributed by atoms with Crippen molar-refractivity contribution in [2.24, 2.45) is 5.92 Å². The lowest BCUT2D eigenvalue weighted by atomic mass is 9.64. The van der Waals surface area contributed by atoms with E-state index >= 15 is 0 Å². The highest BCUT2D eigenvalue weighted by Crippen LogP contribution is 2.47. The van der Waals surface area contributed by atoms with Crippen molar-refractivity contribution < 1.29 is 14.7 Å². The minimum atomic E-state index is -1.31. The van der Waals surface area contributed by atoms with Gasteiger partial charge in [-0.2, -0.15) is 0 Å². The van der Waals surface area contributed by atoms with E-state index in [1.54, 1.807) is 19.1 Å². The van der Waals surface area contributed by atoms with Crippen molar-refractivity contribution in [2.75, 3.05) is 5.32 Å². The quantitative estimate of drug-likeness (QED) is 0.598. The minimum absolute atomic E-state index is 0.133. The van der Waals surface area contributed by atoms with Crippen LogP contribution in [0.3, 0.4) is 0 Å². The van der Waals surface area contributed by atoms with Gasteiger partial charge in [0.25, 0.3) is 0 Å². The topological polar surface area (TPSA) is 66.4 Å². The van der Waals surface area contributed by atoms with Gasteiger partial charge in [-0.1, -0.05) is 39.7 Å². The maximum absolute atomic E-state index is 12.8. The third kappa shape index (κ3) is 4.63. The monoisotopic (exact) mass is 475 g/mol. The molecule has 0 amide bonds. The standard InChI is InChI=1S/C23H23BrClNO3/c1-13(27)20-19(26-18-10-6-16(24)7-11-18)12-23(3,29)22(14(2)28)21(20)15-4-8-17(25)9-5-15/h4-11,21-22,26,29H,12H2,1-3H3/t21-,22+,23-/m1/s1. The average Bonchev–Trinajstić information content (AvgIpc) is 2.62. The van der Waals surface area contributed by atoms with Gasteiger partial charge in [0.05, 0.1) is 11.5 Å². The number of rotatable bonds is 5. The first-order valence-electron chi connectivity index (χ1n) is 9.35. The van der Waals surface area contributed by atoms with Gasteiger partial charge in [-0.3, -0.25) is 9.59 Å². The zero-order valence-corrected chi connectivity index (χ0v) is 18.8. The van der Waals surface area contributed by atoms with Crippen LogP contribution in [0.2, 0.25) is 5.02 Å². The van der Waals surface area contributed by atoms with Crippen molar-refractivity contribution in [2.45, 2.75) is 38.7 Å². The Kier molecular flexibility index (Phi) is 6.32. The van der Waals surface area contributed by atoms with Crippen molar-refractivity contribution in [1.82, 2.24) is 0 Å². The van der Waals surface area contributed by atoms with E-state index in [1.807, 2.05) is 36.4 Å². The Balaban J connectivity index is 2.19. The van der Waals surface area contributed by atoms with Gasteiger partial charge in [-0.15, -0.1) is 0 Å². The van der Waals surface area contributed by atoms with Gasteiger partial charge in [0.15, 0.2) is 5.78 Å². The van der Waals surface area contributed by atoms with Crippen LogP contribution in [0.1, 0.15) is 38.7 Å². The van der Waals surface area contributed by atoms with Gasteiger partial charge < -0.3 is 10.4 Å². The third-order valence-electron chi connectivity index (χ3n) is 5.36. The molecular weight excluding hydrogens is 454 g/mol. The molecule has 0 heterocycles. The van der Waals surface area contributed by atoms with E-state index in [0.717, 1.165) is 15.7 Å². The number of carbonyl (C=O) groups is 2. The van der Waals surface area contributed by atoms with Gasteiger partial charge in [0.1, 0.15) is 5.78 Å². The molecule has 3 atom stereocenters. The predicted molar refractivity (Wildman–Crippen MR) is 119 cm³/mol. The number of carbonyl (C=O) groups excluding carboxylic acids is 2. The first kappa shape index (κ1) is 21.8. The molecule has 6 heteroatoms. The van der Waals surface area contributed by atoms with E-state index in [4.69, 9.17) is 11.6 Å². The molecule has 2 aromatic carbocycles. The lowest BCUT2D eigenvalue weighted by Crippen LogP contribution is -2.48. The van der Waals surface area contributed by atoms with Crippen molar-refractivity contribution in [3.05, 3.63) is 74.9 Å². The number of halogens is 2. The molecule has 0 aromatic heterocycles. The van der Waals surface area contributed by atoms with Crippen LogP contribution in [0.25, 0.3) is 0 Å². The highest BCUT2D eigenvalue weighted by Gasteiger charge is 2.49. The van der Waals surface area contributed by atoms with E-state index in [2.05, 4.69) is 21.2 Å². The molecule has 0 bridgehead atoms. The smallest absolute Gasteiger partial charge is 0.158 e. The molecule has 0 spiro atoms. The van der Waals surface area contributed by atoms with E-state index in [0.29, 0.717) is 16.3 Å². The Morgan fingerprint density at radius 2 is 1.69 bits per heavy atom. The molecule has 0 aliphatic heterocycles. The number of aliphatic hydroxyl groups is 1. The Hall–Kier alpha value is -1.95. The number of allylic oxidation sites excluding steroid dienone is 1. The molecule has 0 saturated carbocycles. The lowest BCUT2D eigenvalue weighted by Gasteiger charge is -2.43. The number of benzene rings is 2. The van der Waals surface area contributed by atoms with E-state index in [1.165, 1.54) is 13.8 Å². The molecule has 1 aliphatic rings. The van der Waals surface area contributed by atoms with Crippen molar-refractivity contribution in [3.63, 3.8) is 0 Å². The van der Waals surface area contributed by atoms with Crippen LogP contribution in [0.15, 0.2) is 64.3 Å². The van der Waals surface area contributed by atoms with Gasteiger partial charge >= 0.3 is 0 Å². The lowest BCUT2D eigenvalue weighted by molar-refractivity contribution is -0.131. The summed E-state index contributed by atoms with van der Waals surface area (Å²) in [7, 11) is 0. The largest absolute Gasteiger partial charge is 0.389 e. The van der Waals surface area contributed by atoms with Gasteiger partial charge in [0, 0.05) is 38.8 Å². The minimum Gasteiger partial charge on any atom is -0.389 e. The molecule has 4 nitrogen and oxygen atoms in total. The first-order valence-corrected chi connectivity index (χ1v) is 10.5. The molecular formula is C23H23BrClNO3. The number of hydrogen-bond donors (Lipinski definition) is 2. The van der Waals surface area contributed by atoms with Crippen LogP contribution in [0.4, 0.5) is 5.69 Å². The molecule has 0 unspecified atom stereocenters. The van der Waals surface area contributed by atoms with Crippen LogP contribution in [-0.4, -0.2) is 22.3 Å². The van der Waals surface area contributed by atoms with Gasteiger partial charge in [-0.25, -0.2) is 0 Å². The summed E-state index contributed by atoms with van der Waals surface area (Å²) in [4.78, 5) is 25.3. The molecule has 3 rings (SSSR count). The number of hydrogen-bond acceptors (Lipinski definition) is 4. The Bertz CT molecular complexity index is 965. The Labute approximate surface area is 184 Å². The molecule has 0 fully saturated rings. The summed E-state index contributed by atoms with van der Waals surface area (Å²) in [6.07, 6.45) is 0.173. The van der Waals surface area contributed by atoms with Crippen LogP contribution in [0.5, 0.6) is 0 Å². The summed E-state index contributed by atoms with van der Waals surface area (Å²) < 4.78 is 0.940. The van der Waals surface area contributed by atoms with Crippen LogP contribution < -0.4 is 5.32 Å². The maximum atomic E-state index is 12.8. The molecule has 1 aliphatic carbocycles. The zero-order chi connectivity index (χ0) is 21.3. The summed E-state index contributed by atoms with van der Waals surface area (Å²) in [5.74, 6) is -1.59. The van der Waals surface area contributed by atoms with Crippen LogP contribution >= 0.6 is 27.5 Å². The predicted octanol–water partition coefficient (Wildman–Crippen LogP) is 5.50. The molecule has 29 heavy (non-hydrogen) atoms. The molecule has 152 valence electrons. The number of ketones is 2. The SMILES string of the molecule is CC(=O)C1=C(Nc2ccc(Br)cc2)C[C@@](C)(O)[C@@H](C(C)=O)[C@@H]1c1ccc(Cl)cc1. The summed E-state index contributed by atoms with van der Waals surface area (Å²) in [6.45, 7) is 4.62. The molecule has 0 saturated heterocycles. The van der Waals surface area contributed by atoms with Crippen molar-refractivity contribution >= 4 is 44.8 Å². The van der Waals surface area contributed by atoms with Crippen molar-refractivity contribution in [3.8, 4) is 0 Å². The fourth-order valence-electron chi connectivity index (χ4n) is 4.23. The van der Waals surface area contributed by atoms with Gasteiger partial charge in [0.2, 0.25) is 0 Å². The van der Waals surface area contributed by atoms with E-state index < -0.39 is 17.4 Å². The second-order valence-corrected chi connectivity index (χ2v) is 9.08. The normalized spacial score (nSPS) is 24.3. The van der Waals surface area contributed by atoms with Crippen molar-refractivity contribution in [1.29, 1.82) is 0 Å². The van der Waals surface area contributed by atoms with E-state index in [-0.39, 0.29) is 18.0 Å². The summed E-state index contributed by atoms with van der Waals surface area (Å²) in [6, 6.07) is 14.7. The average molecular weight is 477 g/mol. The zero-order valence-electron chi connectivity index (χ0n) is 16.5. The maximum Gasteiger partial charge on any atom is 0.158 e. The Morgan fingerprint density at radius 3 is 2.21 bits per heavy atom. The Morgan fingerprint density at radius 1 is 1.10 bits per heavy atom. The first-order chi connectivity index (χ1) is 13.6. The van der Waals surface area contributed by atoms with E-state index in [9.17, 15) is 14.7 Å². The molecule has 2 aromatic rings. The van der Waals surface area contributed by atoms with Gasteiger partial charge in [-0.05, 0) is 62.7 Å². The third-order valence-corrected chi connectivity index (χ3v) is 6.14. The summed E-state index contributed by atoms with van der Waals surface area (Å²) in [5, 5.41) is 15.1. The molecule has 2 N–H and O–H groups in total. The summed E-state index contributed by atoms with van der Waals surface area (Å²) >= 11 is 9.45. The van der Waals surface area contributed by atoms with Crippen LogP contribution in [0, 0.1) is 5.92 Å². The number of Topliss-reactive ketones (excluding diaryl/α,β-unsaturated/α-hetero) is 2. The fourth-order valence-corrected chi connectivity index (χ4v) is 4.62. The fraction of sp³-hybridized carbons (Fsp3) is 0.304.